The predicted octanol–water partition coefficient (Wildman–Crippen LogP) is 2.37. The van der Waals surface area contributed by atoms with E-state index in [0.29, 0.717) is 34.8 Å². The van der Waals surface area contributed by atoms with Gasteiger partial charge in [-0.05, 0) is 24.3 Å². The van der Waals surface area contributed by atoms with E-state index < -0.39 is 5.91 Å². The number of carbonyl (C=O) groups is 1. The maximum atomic E-state index is 10.8. The van der Waals surface area contributed by atoms with Crippen molar-refractivity contribution >= 4 is 34.9 Å². The first kappa shape index (κ1) is 15.3. The zero-order valence-electron chi connectivity index (χ0n) is 10.8. The van der Waals surface area contributed by atoms with Crippen molar-refractivity contribution in [2.45, 2.75) is 0 Å². The largest absolute Gasteiger partial charge is 0.490 e. The van der Waals surface area contributed by atoms with Crippen molar-refractivity contribution in [2.24, 2.45) is 5.73 Å². The maximum absolute atomic E-state index is 10.8. The molecule has 1 amide bonds. The van der Waals surface area contributed by atoms with Gasteiger partial charge in [-0.1, -0.05) is 29.3 Å². The molecule has 0 bridgehead atoms. The zero-order chi connectivity index (χ0) is 15.2. The van der Waals surface area contributed by atoms with Crippen LogP contribution in [0.3, 0.4) is 0 Å². The number of anilines is 1. The number of hydrogen-bond donors (Lipinski definition) is 2. The molecule has 1 aromatic heterocycles. The summed E-state index contributed by atoms with van der Waals surface area (Å²) in [6.07, 6.45) is 0. The molecule has 0 radical (unpaired) electrons. The lowest BCUT2D eigenvalue weighted by atomic mass is 10.3. The molecule has 0 atom stereocenters. The van der Waals surface area contributed by atoms with Gasteiger partial charge < -0.3 is 15.8 Å². The molecule has 0 aliphatic carbocycles. The Morgan fingerprint density at radius 2 is 2.05 bits per heavy atom. The Kier molecular flexibility index (Phi) is 5.19. The summed E-state index contributed by atoms with van der Waals surface area (Å²) in [5, 5.41) is 11.3. The molecule has 0 fully saturated rings. The third kappa shape index (κ3) is 4.21. The van der Waals surface area contributed by atoms with Crippen LogP contribution < -0.4 is 15.8 Å². The van der Waals surface area contributed by atoms with Gasteiger partial charge in [-0.15, -0.1) is 10.2 Å². The first-order valence-corrected chi connectivity index (χ1v) is 6.77. The second kappa shape index (κ2) is 7.10. The van der Waals surface area contributed by atoms with E-state index in [1.165, 1.54) is 6.07 Å². The molecule has 1 heterocycles. The van der Waals surface area contributed by atoms with Crippen molar-refractivity contribution in [2.75, 3.05) is 18.5 Å². The van der Waals surface area contributed by atoms with Gasteiger partial charge in [0.2, 0.25) is 0 Å². The Balaban J connectivity index is 1.82. The van der Waals surface area contributed by atoms with E-state index in [-0.39, 0.29) is 5.69 Å². The molecular formula is C13H12Cl2N4O2. The molecule has 0 unspecified atom stereocenters. The zero-order valence-corrected chi connectivity index (χ0v) is 12.4. The average Bonchev–Trinajstić information content (AvgIpc) is 2.48. The molecule has 2 aromatic rings. The Bertz CT molecular complexity index is 635. The second-order valence-electron chi connectivity index (χ2n) is 4.00. The number of rotatable bonds is 6. The van der Waals surface area contributed by atoms with Crippen LogP contribution in [-0.2, 0) is 0 Å². The predicted molar refractivity (Wildman–Crippen MR) is 81.0 cm³/mol. The van der Waals surface area contributed by atoms with Gasteiger partial charge >= 0.3 is 0 Å². The fourth-order valence-corrected chi connectivity index (χ4v) is 1.84. The van der Waals surface area contributed by atoms with Gasteiger partial charge in [-0.25, -0.2) is 0 Å². The van der Waals surface area contributed by atoms with E-state index in [0.717, 1.165) is 0 Å². The minimum absolute atomic E-state index is 0.113. The van der Waals surface area contributed by atoms with Gasteiger partial charge in [-0.2, -0.15) is 0 Å². The fraction of sp³-hybridized carbons (Fsp3) is 0.154. The number of aromatic nitrogens is 2. The molecule has 0 aliphatic heterocycles. The van der Waals surface area contributed by atoms with Crippen molar-refractivity contribution in [3.63, 3.8) is 0 Å². The SMILES string of the molecule is NC(=O)c1ccc(NCCOc2cccc(Cl)c2Cl)nn1. The third-order valence-corrected chi connectivity index (χ3v) is 3.30. The minimum atomic E-state index is -0.618. The first-order chi connectivity index (χ1) is 10.1. The highest BCUT2D eigenvalue weighted by Gasteiger charge is 2.05. The monoisotopic (exact) mass is 326 g/mol. The molecule has 8 heteroatoms. The van der Waals surface area contributed by atoms with E-state index in [4.69, 9.17) is 33.7 Å². The molecule has 0 aliphatic rings. The molecule has 0 saturated heterocycles. The second-order valence-corrected chi connectivity index (χ2v) is 4.78. The lowest BCUT2D eigenvalue weighted by molar-refractivity contribution is 0.0994. The van der Waals surface area contributed by atoms with Gasteiger partial charge in [0.1, 0.15) is 23.2 Å². The third-order valence-electron chi connectivity index (χ3n) is 2.50. The van der Waals surface area contributed by atoms with Crippen LogP contribution in [0.4, 0.5) is 5.82 Å². The van der Waals surface area contributed by atoms with Crippen molar-refractivity contribution < 1.29 is 9.53 Å². The number of ether oxygens (including phenoxy) is 1. The van der Waals surface area contributed by atoms with Crippen molar-refractivity contribution in [1.82, 2.24) is 10.2 Å². The number of primary amides is 1. The highest BCUT2D eigenvalue weighted by atomic mass is 35.5. The summed E-state index contributed by atoms with van der Waals surface area (Å²) in [4.78, 5) is 10.8. The lowest BCUT2D eigenvalue weighted by Crippen LogP contribution is -2.16. The number of benzene rings is 1. The molecule has 3 N–H and O–H groups in total. The Hall–Kier alpha value is -2.05. The van der Waals surface area contributed by atoms with Crippen molar-refractivity contribution in [3.05, 3.63) is 46.1 Å². The number of amides is 1. The smallest absolute Gasteiger partial charge is 0.269 e. The minimum Gasteiger partial charge on any atom is -0.490 e. The summed E-state index contributed by atoms with van der Waals surface area (Å²) in [5.74, 6) is 0.412. The molecule has 0 spiro atoms. The number of carbonyl (C=O) groups excluding carboxylic acids is 1. The Morgan fingerprint density at radius 1 is 1.24 bits per heavy atom. The Labute approximate surface area is 131 Å². The molecular weight excluding hydrogens is 315 g/mol. The normalized spacial score (nSPS) is 10.2. The van der Waals surface area contributed by atoms with E-state index >= 15 is 0 Å². The molecule has 110 valence electrons. The summed E-state index contributed by atoms with van der Waals surface area (Å²) < 4.78 is 5.50. The van der Waals surface area contributed by atoms with E-state index in [9.17, 15) is 4.79 Å². The van der Waals surface area contributed by atoms with Gasteiger partial charge in [0.05, 0.1) is 11.6 Å². The van der Waals surface area contributed by atoms with E-state index in [1.807, 2.05) is 0 Å². The van der Waals surface area contributed by atoms with E-state index in [2.05, 4.69) is 15.5 Å². The average molecular weight is 327 g/mol. The number of nitrogens with two attached hydrogens (primary N) is 1. The van der Waals surface area contributed by atoms with Crippen molar-refractivity contribution in [1.29, 1.82) is 0 Å². The highest BCUT2D eigenvalue weighted by Crippen LogP contribution is 2.31. The first-order valence-electron chi connectivity index (χ1n) is 6.02. The van der Waals surface area contributed by atoms with Gasteiger partial charge in [-0.3, -0.25) is 4.79 Å². The molecule has 2 rings (SSSR count). The van der Waals surface area contributed by atoms with Gasteiger partial charge in [0, 0.05) is 0 Å². The Morgan fingerprint density at radius 3 is 2.71 bits per heavy atom. The summed E-state index contributed by atoms with van der Waals surface area (Å²) in [7, 11) is 0. The summed E-state index contributed by atoms with van der Waals surface area (Å²) in [6.45, 7) is 0.840. The molecule has 0 saturated carbocycles. The number of nitrogens with one attached hydrogen (secondary N) is 1. The summed E-state index contributed by atoms with van der Waals surface area (Å²) in [6, 6.07) is 8.28. The van der Waals surface area contributed by atoms with Gasteiger partial charge in [0.25, 0.3) is 5.91 Å². The van der Waals surface area contributed by atoms with Crippen LogP contribution in [0.2, 0.25) is 10.0 Å². The van der Waals surface area contributed by atoms with Crippen LogP contribution in [0.5, 0.6) is 5.75 Å². The van der Waals surface area contributed by atoms with Crippen molar-refractivity contribution in [3.8, 4) is 5.75 Å². The van der Waals surface area contributed by atoms with Crippen LogP contribution in [0, 0.1) is 0 Å². The van der Waals surface area contributed by atoms with Gasteiger partial charge in [0.15, 0.2) is 5.69 Å². The summed E-state index contributed by atoms with van der Waals surface area (Å²) >= 11 is 11.9. The van der Waals surface area contributed by atoms with Crippen LogP contribution >= 0.6 is 23.2 Å². The van der Waals surface area contributed by atoms with Crippen LogP contribution in [0.15, 0.2) is 30.3 Å². The standard InChI is InChI=1S/C13H12Cl2N4O2/c14-8-2-1-3-10(12(8)15)21-7-6-17-11-5-4-9(13(16)20)18-19-11/h1-5H,6-7H2,(H2,16,20)(H,17,19). The fourth-order valence-electron chi connectivity index (χ4n) is 1.49. The lowest BCUT2D eigenvalue weighted by Gasteiger charge is -2.09. The molecule has 21 heavy (non-hydrogen) atoms. The van der Waals surface area contributed by atoms with Crippen LogP contribution in [-0.4, -0.2) is 29.3 Å². The van der Waals surface area contributed by atoms with E-state index in [1.54, 1.807) is 24.3 Å². The highest BCUT2D eigenvalue weighted by molar-refractivity contribution is 6.42. The number of hydrogen-bond acceptors (Lipinski definition) is 5. The quantitative estimate of drug-likeness (QED) is 0.795. The maximum Gasteiger partial charge on any atom is 0.269 e. The van der Waals surface area contributed by atoms with Crippen LogP contribution in [0.25, 0.3) is 0 Å². The topological polar surface area (TPSA) is 90.1 Å². The number of nitrogens with zero attached hydrogens (tertiary/aromatic N) is 2. The van der Waals surface area contributed by atoms with Crippen LogP contribution in [0.1, 0.15) is 10.5 Å². The molecule has 1 aromatic carbocycles. The summed E-state index contributed by atoms with van der Waals surface area (Å²) in [5.41, 5.74) is 5.18. The number of halogens is 2. The molecule has 6 nitrogen and oxygen atoms in total.